The molecule has 0 aliphatic rings. The fraction of sp³-hybridized carbons (Fsp3) is 0.318. The molecule has 0 radical (unpaired) electrons. The molecule has 0 bridgehead atoms. The van der Waals surface area contributed by atoms with E-state index < -0.39 is 0 Å². The normalized spacial score (nSPS) is 11.5. The molecule has 0 saturated carbocycles. The summed E-state index contributed by atoms with van der Waals surface area (Å²) in [6.07, 6.45) is 6.11. The van der Waals surface area contributed by atoms with Gasteiger partial charge in [-0.15, -0.1) is 0 Å². The zero-order valence-corrected chi connectivity index (χ0v) is 21.1. The second-order valence-electron chi connectivity index (χ2n) is 5.88. The zero-order valence-electron chi connectivity index (χ0n) is 17.1. The van der Waals surface area contributed by atoms with Crippen LogP contribution in [0.15, 0.2) is 59.2 Å². The van der Waals surface area contributed by atoms with Crippen molar-refractivity contribution in [3.63, 3.8) is 0 Å². The molecular formula is C22H30KN2OS-3. The van der Waals surface area contributed by atoms with Crippen LogP contribution < -0.4 is 51.4 Å². The van der Waals surface area contributed by atoms with Gasteiger partial charge in [-0.1, -0.05) is 31.2 Å². The predicted octanol–water partition coefficient (Wildman–Crippen LogP) is 3.09. The van der Waals surface area contributed by atoms with Crippen molar-refractivity contribution in [2.75, 3.05) is 0 Å². The summed E-state index contributed by atoms with van der Waals surface area (Å²) in [5.41, 5.74) is 6.57. The van der Waals surface area contributed by atoms with Gasteiger partial charge in [-0.3, -0.25) is 4.99 Å². The van der Waals surface area contributed by atoms with Crippen LogP contribution >= 0.6 is 0 Å². The van der Waals surface area contributed by atoms with Crippen LogP contribution in [0.5, 0.6) is 0 Å². The molecule has 1 atom stereocenters. The fourth-order valence-electron chi connectivity index (χ4n) is 2.96. The van der Waals surface area contributed by atoms with Crippen LogP contribution in [-0.2, 0) is 19.9 Å². The summed E-state index contributed by atoms with van der Waals surface area (Å²) >= 11 is 0. The SMILES string of the molecule is CC=N/C(=C\CC)C(Cc1cc[c-]cc1)c1cccc(C)c1C.[K+].[NH2-].[OH-].[SH-]. The molecule has 0 aliphatic heterocycles. The Hall–Kier alpha value is -0.244. The number of hydrogen-bond donors (Lipinski definition) is 0. The van der Waals surface area contributed by atoms with Gasteiger partial charge in [0, 0.05) is 17.8 Å². The number of hydrogen-bond acceptors (Lipinski definition) is 3. The molecule has 5 heteroatoms. The summed E-state index contributed by atoms with van der Waals surface area (Å²) in [5.74, 6) is 0.286. The summed E-state index contributed by atoms with van der Waals surface area (Å²) in [7, 11) is 0. The second kappa shape index (κ2) is 16.7. The third kappa shape index (κ3) is 9.20. The van der Waals surface area contributed by atoms with E-state index in [0.29, 0.717) is 0 Å². The topological polar surface area (TPSA) is 75.9 Å². The third-order valence-electron chi connectivity index (χ3n) is 4.30. The average molecular weight is 410 g/mol. The van der Waals surface area contributed by atoms with Crippen LogP contribution in [0, 0.1) is 19.9 Å². The molecule has 0 fully saturated rings. The minimum absolute atomic E-state index is 0. The van der Waals surface area contributed by atoms with Gasteiger partial charge in [0.25, 0.3) is 0 Å². The third-order valence-corrected chi connectivity index (χ3v) is 4.30. The Balaban J connectivity index is -0.00000144. The summed E-state index contributed by atoms with van der Waals surface area (Å²) in [5, 5.41) is 0. The quantitative estimate of drug-likeness (QED) is 0.242. The van der Waals surface area contributed by atoms with Crippen LogP contribution in [0.1, 0.15) is 48.4 Å². The molecule has 0 amide bonds. The van der Waals surface area contributed by atoms with Crippen molar-refractivity contribution < 1.29 is 56.9 Å². The molecule has 0 aliphatic carbocycles. The molecule has 0 saturated heterocycles. The van der Waals surface area contributed by atoms with Crippen LogP contribution in [0.25, 0.3) is 6.15 Å². The zero-order chi connectivity index (χ0) is 16.7. The van der Waals surface area contributed by atoms with Gasteiger partial charge in [0.05, 0.1) is 0 Å². The van der Waals surface area contributed by atoms with Gasteiger partial charge in [-0.05, 0) is 50.3 Å². The molecule has 0 aromatic heterocycles. The molecule has 3 nitrogen and oxygen atoms in total. The van der Waals surface area contributed by atoms with E-state index in [0.717, 1.165) is 18.5 Å². The number of aryl methyl sites for hydroxylation is 1. The second-order valence-corrected chi connectivity index (χ2v) is 5.88. The molecule has 0 heterocycles. The Morgan fingerprint density at radius 1 is 1.15 bits per heavy atom. The van der Waals surface area contributed by atoms with Crippen LogP contribution in [0.3, 0.4) is 0 Å². The molecule has 144 valence electrons. The van der Waals surface area contributed by atoms with Gasteiger partial charge in [0.1, 0.15) is 0 Å². The monoisotopic (exact) mass is 409 g/mol. The Labute approximate surface area is 214 Å². The van der Waals surface area contributed by atoms with E-state index >= 15 is 0 Å². The first-order valence-electron chi connectivity index (χ1n) is 8.37. The van der Waals surface area contributed by atoms with Gasteiger partial charge < -0.3 is 25.1 Å². The largest absolute Gasteiger partial charge is 1.00 e. The molecule has 1 unspecified atom stereocenters. The molecule has 2 aromatic rings. The molecule has 2 rings (SSSR count). The van der Waals surface area contributed by atoms with Crippen molar-refractivity contribution in [2.24, 2.45) is 4.99 Å². The summed E-state index contributed by atoms with van der Waals surface area (Å²) in [6.45, 7) is 8.55. The Morgan fingerprint density at radius 3 is 2.33 bits per heavy atom. The maximum atomic E-state index is 4.69. The van der Waals surface area contributed by atoms with Crippen molar-refractivity contribution >= 4 is 19.7 Å². The van der Waals surface area contributed by atoms with Crippen LogP contribution in [0.2, 0.25) is 0 Å². The maximum absolute atomic E-state index is 4.69. The summed E-state index contributed by atoms with van der Waals surface area (Å²) in [4.78, 5) is 4.69. The minimum Gasteiger partial charge on any atom is -0.870 e. The first-order valence-corrected chi connectivity index (χ1v) is 8.37. The maximum Gasteiger partial charge on any atom is 1.00 e. The smallest absolute Gasteiger partial charge is 0.870 e. The van der Waals surface area contributed by atoms with Gasteiger partial charge in [-0.2, -0.15) is 35.9 Å². The van der Waals surface area contributed by atoms with Crippen molar-refractivity contribution in [1.29, 1.82) is 0 Å². The van der Waals surface area contributed by atoms with E-state index in [4.69, 9.17) is 0 Å². The van der Waals surface area contributed by atoms with Crippen LogP contribution in [-0.4, -0.2) is 11.7 Å². The first-order chi connectivity index (χ1) is 11.2. The predicted molar refractivity (Wildman–Crippen MR) is 116 cm³/mol. The number of aliphatic imine (C=N–C) groups is 1. The molecule has 3 N–H and O–H groups in total. The van der Waals surface area contributed by atoms with Gasteiger partial charge >= 0.3 is 51.4 Å². The van der Waals surface area contributed by atoms with E-state index in [1.807, 2.05) is 25.3 Å². The van der Waals surface area contributed by atoms with E-state index in [9.17, 15) is 0 Å². The number of rotatable bonds is 6. The van der Waals surface area contributed by atoms with E-state index in [-0.39, 0.29) is 82.4 Å². The number of allylic oxidation sites excluding steroid dienone is 2. The number of benzene rings is 2. The van der Waals surface area contributed by atoms with Gasteiger partial charge in [0.15, 0.2) is 0 Å². The van der Waals surface area contributed by atoms with E-state index in [1.165, 1.54) is 22.3 Å². The van der Waals surface area contributed by atoms with Crippen molar-refractivity contribution in [1.82, 2.24) is 0 Å². The fourth-order valence-corrected chi connectivity index (χ4v) is 2.96. The summed E-state index contributed by atoms with van der Waals surface area (Å²) < 4.78 is 0. The Bertz CT molecular complexity index is 703. The van der Waals surface area contributed by atoms with Gasteiger partial charge in [-0.25, -0.2) is 0 Å². The minimum atomic E-state index is 0. The molecule has 0 spiro atoms. The molecular weight excluding hydrogens is 379 g/mol. The van der Waals surface area contributed by atoms with Crippen molar-refractivity contribution in [3.05, 3.63) is 88.7 Å². The van der Waals surface area contributed by atoms with E-state index in [2.05, 4.69) is 68.2 Å². The van der Waals surface area contributed by atoms with Crippen molar-refractivity contribution in [3.8, 4) is 0 Å². The average Bonchev–Trinajstić information content (AvgIpc) is 2.56. The summed E-state index contributed by atoms with van der Waals surface area (Å²) in [6, 6.07) is 18.0. The number of nitrogens with two attached hydrogens (primary N) is 1. The molecule has 27 heavy (non-hydrogen) atoms. The first kappa shape index (κ1) is 31.5. The number of thiol groups is 1. The Kier molecular flexibility index (Phi) is 19.4. The van der Waals surface area contributed by atoms with Crippen LogP contribution in [0.4, 0.5) is 0 Å². The van der Waals surface area contributed by atoms with Gasteiger partial charge in [0.2, 0.25) is 0 Å². The molecule has 2 aromatic carbocycles. The van der Waals surface area contributed by atoms with E-state index in [1.54, 1.807) is 0 Å². The number of nitrogens with zero attached hydrogens (tertiary/aromatic N) is 1. The van der Waals surface area contributed by atoms with Crippen molar-refractivity contribution in [2.45, 2.75) is 46.5 Å². The standard InChI is InChI=1S/C22H26N.K.H2N.H2O.H2S/c1-5-11-22(23-6-2)21(16-19-13-8-7-9-14-19)20-15-10-12-17(3)18(20)4;;;;/h6,8-15,21H,5,16H2,1-4H3;;3*1H2/q-1;+1;-1;;/p-2/b22-11-,23-6?;;;;. The Morgan fingerprint density at radius 2 is 1.78 bits per heavy atom.